The van der Waals surface area contributed by atoms with E-state index in [2.05, 4.69) is 5.32 Å². The van der Waals surface area contributed by atoms with Gasteiger partial charge in [-0.15, -0.1) is 24.2 Å². The van der Waals surface area contributed by atoms with E-state index in [1.54, 1.807) is 16.7 Å². The molecule has 2 unspecified atom stereocenters. The number of nitrogens with zero attached hydrogens (tertiary/aromatic N) is 2. The zero-order chi connectivity index (χ0) is 14.5. The molecule has 0 bridgehead atoms. The van der Waals surface area contributed by atoms with Crippen molar-refractivity contribution < 1.29 is 9.59 Å². The molecule has 0 aromatic heterocycles. The standard InChI is InChI=1S/C14H25N3O2S.ClH/c1-3-5-13(18)17-10-20-9-12(17)14(19)16-7-4-6-11(8-16)15-2;/h11-12,15H,3-10H2,1-2H3;1H. The number of halogens is 1. The number of carbonyl (C=O) groups is 2. The van der Waals surface area contributed by atoms with Gasteiger partial charge in [0.05, 0.1) is 5.88 Å². The van der Waals surface area contributed by atoms with Gasteiger partial charge < -0.3 is 15.1 Å². The van der Waals surface area contributed by atoms with E-state index in [1.165, 1.54) is 0 Å². The number of hydrogen-bond donors (Lipinski definition) is 1. The summed E-state index contributed by atoms with van der Waals surface area (Å²) in [4.78, 5) is 28.5. The van der Waals surface area contributed by atoms with Crippen molar-refractivity contribution in [2.24, 2.45) is 0 Å². The van der Waals surface area contributed by atoms with Gasteiger partial charge in [0.25, 0.3) is 0 Å². The number of likely N-dealkylation sites (tertiary alicyclic amines) is 1. The fraction of sp³-hybridized carbons (Fsp3) is 0.857. The summed E-state index contributed by atoms with van der Waals surface area (Å²) in [6.07, 6.45) is 3.55. The highest BCUT2D eigenvalue weighted by Gasteiger charge is 2.37. The molecule has 2 amide bonds. The lowest BCUT2D eigenvalue weighted by Gasteiger charge is -2.35. The van der Waals surface area contributed by atoms with Gasteiger partial charge in [0.1, 0.15) is 6.04 Å². The van der Waals surface area contributed by atoms with Crippen LogP contribution in [-0.2, 0) is 9.59 Å². The summed E-state index contributed by atoms with van der Waals surface area (Å²) in [7, 11) is 1.95. The third kappa shape index (κ3) is 4.50. The molecular weight excluding hydrogens is 310 g/mol. The van der Waals surface area contributed by atoms with Crippen LogP contribution in [0.3, 0.4) is 0 Å². The first-order valence-corrected chi connectivity index (χ1v) is 8.66. The van der Waals surface area contributed by atoms with Gasteiger partial charge in [-0.2, -0.15) is 0 Å². The second-order valence-corrected chi connectivity index (χ2v) is 6.54. The van der Waals surface area contributed by atoms with Crippen molar-refractivity contribution in [3.63, 3.8) is 0 Å². The summed E-state index contributed by atoms with van der Waals surface area (Å²) in [6.45, 7) is 3.60. The maximum absolute atomic E-state index is 12.7. The van der Waals surface area contributed by atoms with Crippen LogP contribution in [0.15, 0.2) is 0 Å². The van der Waals surface area contributed by atoms with E-state index in [4.69, 9.17) is 0 Å². The minimum Gasteiger partial charge on any atom is -0.339 e. The Morgan fingerprint density at radius 3 is 2.81 bits per heavy atom. The SMILES string of the molecule is CCCC(=O)N1CSCC1C(=O)N1CCCC(NC)C1.Cl. The van der Waals surface area contributed by atoms with Crippen LogP contribution in [0.4, 0.5) is 0 Å². The number of carbonyl (C=O) groups excluding carboxylic acids is 2. The van der Waals surface area contributed by atoms with E-state index in [0.717, 1.165) is 38.1 Å². The molecular formula is C14H26ClN3O2S. The molecule has 5 nitrogen and oxygen atoms in total. The van der Waals surface area contributed by atoms with Crippen molar-refractivity contribution in [2.75, 3.05) is 31.8 Å². The second kappa shape index (κ2) is 8.86. The third-order valence-electron chi connectivity index (χ3n) is 4.09. The van der Waals surface area contributed by atoms with Crippen LogP contribution in [0, 0.1) is 0 Å². The van der Waals surface area contributed by atoms with E-state index in [0.29, 0.717) is 18.3 Å². The van der Waals surface area contributed by atoms with E-state index in [9.17, 15) is 9.59 Å². The average Bonchev–Trinajstić information content (AvgIpc) is 2.96. The number of rotatable bonds is 4. The minimum absolute atomic E-state index is 0. The molecule has 1 N–H and O–H groups in total. The summed E-state index contributed by atoms with van der Waals surface area (Å²) in [6, 6.07) is 0.149. The topological polar surface area (TPSA) is 52.7 Å². The van der Waals surface area contributed by atoms with Crippen LogP contribution in [0.2, 0.25) is 0 Å². The Bertz CT molecular complexity index is 370. The number of amides is 2. The van der Waals surface area contributed by atoms with Gasteiger partial charge in [-0.05, 0) is 26.3 Å². The van der Waals surface area contributed by atoms with Crippen molar-refractivity contribution >= 4 is 36.0 Å². The van der Waals surface area contributed by atoms with Crippen molar-refractivity contribution in [3.05, 3.63) is 0 Å². The van der Waals surface area contributed by atoms with Crippen LogP contribution in [0.5, 0.6) is 0 Å². The molecule has 2 saturated heterocycles. The van der Waals surface area contributed by atoms with Gasteiger partial charge in [-0.1, -0.05) is 6.92 Å². The van der Waals surface area contributed by atoms with Crippen molar-refractivity contribution in [2.45, 2.75) is 44.7 Å². The van der Waals surface area contributed by atoms with E-state index >= 15 is 0 Å². The molecule has 0 aromatic rings. The van der Waals surface area contributed by atoms with E-state index < -0.39 is 0 Å². The molecule has 0 saturated carbocycles. The molecule has 2 heterocycles. The highest BCUT2D eigenvalue weighted by atomic mass is 35.5. The lowest BCUT2D eigenvalue weighted by molar-refractivity contribution is -0.144. The molecule has 0 radical (unpaired) electrons. The highest BCUT2D eigenvalue weighted by Crippen LogP contribution is 2.24. The van der Waals surface area contributed by atoms with Crippen LogP contribution < -0.4 is 5.32 Å². The molecule has 21 heavy (non-hydrogen) atoms. The van der Waals surface area contributed by atoms with E-state index in [1.807, 2.05) is 18.9 Å². The quantitative estimate of drug-likeness (QED) is 0.842. The van der Waals surface area contributed by atoms with Crippen LogP contribution in [0.1, 0.15) is 32.6 Å². The first-order chi connectivity index (χ1) is 9.67. The van der Waals surface area contributed by atoms with Gasteiger partial charge in [0.2, 0.25) is 11.8 Å². The number of hydrogen-bond acceptors (Lipinski definition) is 4. The first-order valence-electron chi connectivity index (χ1n) is 7.50. The van der Waals surface area contributed by atoms with Crippen LogP contribution in [-0.4, -0.2) is 65.5 Å². The molecule has 122 valence electrons. The van der Waals surface area contributed by atoms with Crippen molar-refractivity contribution in [1.29, 1.82) is 0 Å². The molecule has 2 fully saturated rings. The van der Waals surface area contributed by atoms with Crippen molar-refractivity contribution in [1.82, 2.24) is 15.1 Å². The maximum Gasteiger partial charge on any atom is 0.246 e. The Kier molecular flexibility index (Phi) is 7.84. The number of nitrogens with one attached hydrogen (secondary N) is 1. The molecule has 7 heteroatoms. The molecule has 2 aliphatic rings. The Balaban J connectivity index is 0.00000220. The smallest absolute Gasteiger partial charge is 0.246 e. The van der Waals surface area contributed by atoms with Gasteiger partial charge >= 0.3 is 0 Å². The maximum atomic E-state index is 12.7. The number of thioether (sulfide) groups is 1. The zero-order valence-corrected chi connectivity index (χ0v) is 14.5. The van der Waals surface area contributed by atoms with Gasteiger partial charge in [0, 0.05) is 31.3 Å². The Labute approximate surface area is 137 Å². The second-order valence-electron chi connectivity index (χ2n) is 5.54. The molecule has 0 aliphatic carbocycles. The van der Waals surface area contributed by atoms with Gasteiger partial charge in [0.15, 0.2) is 0 Å². The molecule has 0 spiro atoms. The Hall–Kier alpha value is -0.460. The summed E-state index contributed by atoms with van der Waals surface area (Å²) in [5.41, 5.74) is 0. The Morgan fingerprint density at radius 2 is 2.14 bits per heavy atom. The average molecular weight is 336 g/mol. The van der Waals surface area contributed by atoms with Gasteiger partial charge in [-0.25, -0.2) is 0 Å². The lowest BCUT2D eigenvalue weighted by atomic mass is 10.0. The summed E-state index contributed by atoms with van der Waals surface area (Å²) >= 11 is 1.69. The third-order valence-corrected chi connectivity index (χ3v) is 5.11. The Morgan fingerprint density at radius 1 is 1.38 bits per heavy atom. The predicted molar refractivity (Wildman–Crippen MR) is 88.8 cm³/mol. The lowest BCUT2D eigenvalue weighted by Crippen LogP contribution is -2.54. The fourth-order valence-electron chi connectivity index (χ4n) is 2.87. The highest BCUT2D eigenvalue weighted by molar-refractivity contribution is 7.99. The molecule has 2 rings (SSSR count). The normalized spacial score (nSPS) is 25.6. The molecule has 2 atom stereocenters. The van der Waals surface area contributed by atoms with Crippen molar-refractivity contribution in [3.8, 4) is 0 Å². The summed E-state index contributed by atoms with van der Waals surface area (Å²) < 4.78 is 0. The zero-order valence-electron chi connectivity index (χ0n) is 12.8. The number of piperidine rings is 1. The van der Waals surface area contributed by atoms with Crippen LogP contribution in [0.25, 0.3) is 0 Å². The number of likely N-dealkylation sites (N-methyl/N-ethyl adjacent to an activating group) is 1. The van der Waals surface area contributed by atoms with E-state index in [-0.39, 0.29) is 30.3 Å². The largest absolute Gasteiger partial charge is 0.339 e. The first kappa shape index (κ1) is 18.6. The fourth-order valence-corrected chi connectivity index (χ4v) is 4.05. The molecule has 2 aliphatic heterocycles. The summed E-state index contributed by atoms with van der Waals surface area (Å²) in [5.74, 6) is 1.67. The van der Waals surface area contributed by atoms with Gasteiger partial charge in [-0.3, -0.25) is 9.59 Å². The van der Waals surface area contributed by atoms with Crippen LogP contribution >= 0.6 is 24.2 Å². The monoisotopic (exact) mass is 335 g/mol. The summed E-state index contributed by atoms with van der Waals surface area (Å²) in [5, 5.41) is 3.25. The predicted octanol–water partition coefficient (Wildman–Crippen LogP) is 1.32. The molecule has 0 aromatic carbocycles. The minimum atomic E-state index is -0.241.